The molecule has 0 fully saturated rings. The summed E-state index contributed by atoms with van der Waals surface area (Å²) in [5, 5.41) is 0. The summed E-state index contributed by atoms with van der Waals surface area (Å²) in [7, 11) is 0. The van der Waals surface area contributed by atoms with E-state index in [0.29, 0.717) is 19.3 Å². The van der Waals surface area contributed by atoms with Gasteiger partial charge in [-0.3, -0.25) is 14.4 Å². The fourth-order valence-electron chi connectivity index (χ4n) is 6.67. The van der Waals surface area contributed by atoms with Crippen LogP contribution in [0.3, 0.4) is 0 Å². The number of rotatable bonds is 44. The van der Waals surface area contributed by atoms with Crippen molar-refractivity contribution in [1.29, 1.82) is 0 Å². The third-order valence-electron chi connectivity index (χ3n) is 10.4. The molecule has 0 aliphatic carbocycles. The zero-order valence-corrected chi connectivity index (χ0v) is 39.7. The second-order valence-corrected chi connectivity index (χ2v) is 16.4. The highest BCUT2D eigenvalue weighted by Crippen LogP contribution is 2.14. The molecule has 0 aliphatic rings. The van der Waals surface area contributed by atoms with Crippen molar-refractivity contribution in [3.05, 3.63) is 85.1 Å². The molecule has 0 amide bonds. The summed E-state index contributed by atoms with van der Waals surface area (Å²) >= 11 is 0. The maximum Gasteiger partial charge on any atom is 0.306 e. The highest BCUT2D eigenvalue weighted by molar-refractivity contribution is 5.71. The smallest absolute Gasteiger partial charge is 0.306 e. The number of unbranched alkanes of at least 4 members (excludes halogenated alkanes) is 21. The lowest BCUT2D eigenvalue weighted by molar-refractivity contribution is -0.167. The van der Waals surface area contributed by atoms with E-state index in [0.717, 1.165) is 89.9 Å². The van der Waals surface area contributed by atoms with Gasteiger partial charge >= 0.3 is 17.9 Å². The summed E-state index contributed by atoms with van der Waals surface area (Å²) in [6.45, 7) is 6.40. The molecule has 0 heterocycles. The molecule has 0 radical (unpaired) electrons. The Morgan fingerprint density at radius 3 is 1.23 bits per heavy atom. The predicted octanol–water partition coefficient (Wildman–Crippen LogP) is 16.4. The van der Waals surface area contributed by atoms with Gasteiger partial charge in [0.25, 0.3) is 0 Å². The summed E-state index contributed by atoms with van der Waals surface area (Å²) in [6, 6.07) is 0. The Morgan fingerprint density at radius 1 is 0.361 bits per heavy atom. The van der Waals surface area contributed by atoms with Crippen LogP contribution in [-0.2, 0) is 28.6 Å². The van der Waals surface area contributed by atoms with Crippen molar-refractivity contribution < 1.29 is 28.6 Å². The van der Waals surface area contributed by atoms with Crippen LogP contribution in [0.1, 0.15) is 226 Å². The van der Waals surface area contributed by atoms with Crippen molar-refractivity contribution in [2.45, 2.75) is 232 Å². The van der Waals surface area contributed by atoms with Crippen LogP contribution < -0.4 is 0 Å². The van der Waals surface area contributed by atoms with Crippen LogP contribution in [0.15, 0.2) is 85.1 Å². The standard InChI is InChI=1S/C55H92O6/c1-4-7-10-13-16-19-22-25-26-27-28-31-33-36-39-42-45-48-54(57)60-51-52(61-55(58)49-46-43-40-37-34-30-24-21-18-15-12-9-6-3)50-59-53(56)47-44-41-38-35-32-29-23-20-17-14-11-8-5-2/h9,12,15-16,18-19,21,24-26,28,31,36,39,52H,4-8,10-11,13-14,17,20,22-23,27,29-30,32-35,37-38,40-51H2,1-3H3/b12-9+,18-15+,19-16+,24-21+,26-25+,31-28+,39-36+. The Kier molecular flexibility index (Phi) is 46.5. The number of allylic oxidation sites excluding steroid dienone is 14. The number of esters is 3. The summed E-state index contributed by atoms with van der Waals surface area (Å²) in [6.07, 6.45) is 62.8. The van der Waals surface area contributed by atoms with E-state index in [1.807, 2.05) is 0 Å². The van der Waals surface area contributed by atoms with E-state index < -0.39 is 6.10 Å². The molecular weight excluding hydrogens is 757 g/mol. The van der Waals surface area contributed by atoms with Crippen LogP contribution in [0.2, 0.25) is 0 Å². The number of carbonyl (C=O) groups excluding carboxylic acids is 3. The van der Waals surface area contributed by atoms with Crippen LogP contribution in [0.25, 0.3) is 0 Å². The first-order chi connectivity index (χ1) is 30.0. The average Bonchev–Trinajstić information content (AvgIpc) is 3.26. The highest BCUT2D eigenvalue weighted by atomic mass is 16.6. The molecule has 0 aromatic rings. The fraction of sp³-hybridized carbons (Fsp3) is 0.691. The molecule has 0 N–H and O–H groups in total. The van der Waals surface area contributed by atoms with Gasteiger partial charge in [-0.05, 0) is 77.0 Å². The molecule has 6 heteroatoms. The number of hydrogen-bond donors (Lipinski definition) is 0. The molecule has 0 aromatic carbocycles. The van der Waals surface area contributed by atoms with Crippen molar-refractivity contribution in [2.75, 3.05) is 13.2 Å². The third-order valence-corrected chi connectivity index (χ3v) is 10.4. The Balaban J connectivity index is 4.49. The fourth-order valence-corrected chi connectivity index (χ4v) is 6.67. The summed E-state index contributed by atoms with van der Waals surface area (Å²) in [4.78, 5) is 37.9. The minimum absolute atomic E-state index is 0.101. The molecule has 1 unspecified atom stereocenters. The van der Waals surface area contributed by atoms with Crippen molar-refractivity contribution in [3.63, 3.8) is 0 Å². The first kappa shape index (κ1) is 57.6. The van der Waals surface area contributed by atoms with Crippen LogP contribution in [0, 0.1) is 0 Å². The molecule has 0 saturated heterocycles. The second-order valence-electron chi connectivity index (χ2n) is 16.4. The average molecular weight is 849 g/mol. The monoisotopic (exact) mass is 849 g/mol. The summed E-state index contributed by atoms with van der Waals surface area (Å²) in [5.41, 5.74) is 0. The molecule has 0 aliphatic heterocycles. The Labute approximate surface area is 375 Å². The van der Waals surface area contributed by atoms with Gasteiger partial charge in [0.1, 0.15) is 13.2 Å². The molecule has 61 heavy (non-hydrogen) atoms. The lowest BCUT2D eigenvalue weighted by Gasteiger charge is -2.18. The highest BCUT2D eigenvalue weighted by Gasteiger charge is 2.19. The van der Waals surface area contributed by atoms with E-state index in [4.69, 9.17) is 14.2 Å². The first-order valence-corrected chi connectivity index (χ1v) is 25.1. The molecule has 0 saturated carbocycles. The molecule has 348 valence electrons. The Bertz CT molecular complexity index is 1200. The number of ether oxygens (including phenoxy) is 3. The van der Waals surface area contributed by atoms with Crippen molar-refractivity contribution in [1.82, 2.24) is 0 Å². The lowest BCUT2D eigenvalue weighted by atomic mass is 10.0. The third kappa shape index (κ3) is 47.5. The van der Waals surface area contributed by atoms with Gasteiger partial charge in [-0.1, -0.05) is 215 Å². The SMILES string of the molecule is CC/C=C/C=C/C=C/CCCCCCCC(=O)OC(COC(=O)CCC/C=C/C/C=C/C/C=C/C/C=C/CCCCC)COC(=O)CCCCCCCCCCCCCCC. The Morgan fingerprint density at radius 2 is 0.721 bits per heavy atom. The molecule has 0 bridgehead atoms. The van der Waals surface area contributed by atoms with E-state index in [1.165, 1.54) is 89.9 Å². The van der Waals surface area contributed by atoms with Crippen molar-refractivity contribution >= 4 is 17.9 Å². The summed E-state index contributed by atoms with van der Waals surface area (Å²) in [5.74, 6) is -0.982. The maximum absolute atomic E-state index is 12.8. The van der Waals surface area contributed by atoms with Gasteiger partial charge in [0.15, 0.2) is 6.10 Å². The Hall–Kier alpha value is -3.41. The van der Waals surface area contributed by atoms with Gasteiger partial charge in [0.05, 0.1) is 0 Å². The first-order valence-electron chi connectivity index (χ1n) is 25.1. The van der Waals surface area contributed by atoms with Gasteiger partial charge in [-0.15, -0.1) is 0 Å². The normalized spacial score (nSPS) is 12.8. The largest absolute Gasteiger partial charge is 0.462 e. The zero-order valence-electron chi connectivity index (χ0n) is 39.7. The quantitative estimate of drug-likeness (QED) is 0.0200. The minimum Gasteiger partial charge on any atom is -0.462 e. The molecule has 6 nitrogen and oxygen atoms in total. The minimum atomic E-state index is -0.807. The van der Waals surface area contributed by atoms with Gasteiger partial charge in [-0.2, -0.15) is 0 Å². The number of carbonyl (C=O) groups is 3. The van der Waals surface area contributed by atoms with Gasteiger partial charge in [0, 0.05) is 19.3 Å². The topological polar surface area (TPSA) is 78.9 Å². The second kappa shape index (κ2) is 49.2. The van der Waals surface area contributed by atoms with Gasteiger partial charge in [0.2, 0.25) is 0 Å². The van der Waals surface area contributed by atoms with Crippen LogP contribution in [-0.4, -0.2) is 37.2 Å². The molecular formula is C55H92O6. The van der Waals surface area contributed by atoms with Crippen molar-refractivity contribution in [2.24, 2.45) is 0 Å². The molecule has 1 atom stereocenters. The number of hydrogen-bond acceptors (Lipinski definition) is 6. The van der Waals surface area contributed by atoms with Crippen molar-refractivity contribution in [3.8, 4) is 0 Å². The zero-order chi connectivity index (χ0) is 44.4. The molecule has 0 aromatic heterocycles. The van der Waals surface area contributed by atoms with E-state index in [-0.39, 0.29) is 37.5 Å². The van der Waals surface area contributed by atoms with Gasteiger partial charge < -0.3 is 14.2 Å². The van der Waals surface area contributed by atoms with Crippen LogP contribution >= 0.6 is 0 Å². The van der Waals surface area contributed by atoms with E-state index in [2.05, 4.69) is 106 Å². The van der Waals surface area contributed by atoms with Crippen LogP contribution in [0.5, 0.6) is 0 Å². The van der Waals surface area contributed by atoms with E-state index in [1.54, 1.807) is 0 Å². The maximum atomic E-state index is 12.8. The molecule has 0 rings (SSSR count). The van der Waals surface area contributed by atoms with Gasteiger partial charge in [-0.25, -0.2) is 0 Å². The van der Waals surface area contributed by atoms with E-state index >= 15 is 0 Å². The van der Waals surface area contributed by atoms with E-state index in [9.17, 15) is 14.4 Å². The predicted molar refractivity (Wildman–Crippen MR) is 261 cm³/mol. The molecule has 0 spiro atoms. The summed E-state index contributed by atoms with van der Waals surface area (Å²) < 4.78 is 16.7. The lowest BCUT2D eigenvalue weighted by Crippen LogP contribution is -2.30. The van der Waals surface area contributed by atoms with Crippen LogP contribution in [0.4, 0.5) is 0 Å².